The van der Waals surface area contributed by atoms with E-state index in [1.54, 1.807) is 31.3 Å². The predicted octanol–water partition coefficient (Wildman–Crippen LogP) is 5.18. The van der Waals surface area contributed by atoms with Crippen molar-refractivity contribution in [2.45, 2.75) is 20.0 Å². The minimum absolute atomic E-state index is 0.00887. The van der Waals surface area contributed by atoms with E-state index in [1.807, 2.05) is 17.0 Å². The van der Waals surface area contributed by atoms with Crippen molar-refractivity contribution in [1.29, 1.82) is 0 Å². The predicted molar refractivity (Wildman–Crippen MR) is 133 cm³/mol. The van der Waals surface area contributed by atoms with Crippen molar-refractivity contribution in [3.05, 3.63) is 76.4 Å². The number of nitrogens with zero attached hydrogens (tertiary/aromatic N) is 3. The van der Waals surface area contributed by atoms with E-state index in [1.165, 1.54) is 0 Å². The van der Waals surface area contributed by atoms with Gasteiger partial charge in [0.25, 0.3) is 5.91 Å². The van der Waals surface area contributed by atoms with E-state index in [0.29, 0.717) is 24.2 Å². The van der Waals surface area contributed by atoms with E-state index in [0.717, 1.165) is 37.3 Å². The van der Waals surface area contributed by atoms with Crippen LogP contribution in [0.2, 0.25) is 5.02 Å². The monoisotopic (exact) mass is 500 g/mol. The van der Waals surface area contributed by atoms with Crippen molar-refractivity contribution in [2.75, 3.05) is 38.5 Å². The van der Waals surface area contributed by atoms with Gasteiger partial charge in [0.2, 0.25) is 0 Å². The Bertz CT molecular complexity index is 1210. The highest BCUT2D eigenvalue weighted by molar-refractivity contribution is 6.31. The van der Waals surface area contributed by atoms with Gasteiger partial charge in [-0.3, -0.25) is 4.79 Å². The quantitative estimate of drug-likeness (QED) is 0.472. The summed E-state index contributed by atoms with van der Waals surface area (Å²) in [6.07, 6.45) is 0.675. The van der Waals surface area contributed by atoms with Gasteiger partial charge in [-0.2, -0.15) is 0 Å². The van der Waals surface area contributed by atoms with Gasteiger partial charge in [0.15, 0.2) is 11.6 Å². The van der Waals surface area contributed by atoms with Crippen LogP contribution in [0.25, 0.3) is 11.1 Å². The molecular weight excluding hydrogens is 474 g/mol. The zero-order chi connectivity index (χ0) is 25.1. The summed E-state index contributed by atoms with van der Waals surface area (Å²) in [5.74, 6) is -1.09. The maximum absolute atomic E-state index is 14.3. The molecule has 0 aliphatic carbocycles. The molecule has 1 fully saturated rings. The number of rotatable bonds is 6. The van der Waals surface area contributed by atoms with E-state index in [2.05, 4.69) is 16.8 Å². The van der Waals surface area contributed by atoms with Gasteiger partial charge in [0, 0.05) is 49.1 Å². The van der Waals surface area contributed by atoms with Gasteiger partial charge in [-0.05, 0) is 49.4 Å². The largest absolute Gasteiger partial charge is 0.482 e. The zero-order valence-corrected chi connectivity index (χ0v) is 20.4. The summed E-state index contributed by atoms with van der Waals surface area (Å²) in [7, 11) is 0. The number of aromatic nitrogens is 1. The summed E-state index contributed by atoms with van der Waals surface area (Å²) in [6, 6.07) is 10.9. The first-order valence-electron chi connectivity index (χ1n) is 11.5. The summed E-state index contributed by atoms with van der Waals surface area (Å²) >= 11 is 5.96. The molecule has 2 aromatic carbocycles. The lowest BCUT2D eigenvalue weighted by Gasteiger charge is -2.34. The third-order valence-electron chi connectivity index (χ3n) is 6.24. The van der Waals surface area contributed by atoms with E-state index in [-0.39, 0.29) is 28.1 Å². The molecule has 1 saturated heterocycles. The molecule has 0 spiro atoms. The minimum Gasteiger partial charge on any atom is -0.482 e. The van der Waals surface area contributed by atoms with Crippen LogP contribution in [0.4, 0.5) is 14.6 Å². The van der Waals surface area contributed by atoms with Crippen LogP contribution < -0.4 is 10.5 Å². The Balaban J connectivity index is 1.51. The summed E-state index contributed by atoms with van der Waals surface area (Å²) < 4.78 is 34.0. The lowest BCUT2D eigenvalue weighted by atomic mass is 10.0. The Morgan fingerprint density at radius 2 is 1.74 bits per heavy atom. The van der Waals surface area contributed by atoms with Crippen LogP contribution in [-0.2, 0) is 0 Å². The second-order valence-electron chi connectivity index (χ2n) is 8.43. The molecule has 0 saturated carbocycles. The molecule has 1 unspecified atom stereocenters. The highest BCUT2D eigenvalue weighted by atomic mass is 35.5. The van der Waals surface area contributed by atoms with Crippen LogP contribution in [0, 0.1) is 11.6 Å². The third kappa shape index (κ3) is 5.39. The number of anilines is 1. The molecule has 1 amide bonds. The number of benzene rings is 2. The molecule has 1 atom stereocenters. The lowest BCUT2D eigenvalue weighted by molar-refractivity contribution is 0.0643. The maximum Gasteiger partial charge on any atom is 0.253 e. The maximum atomic E-state index is 14.3. The van der Waals surface area contributed by atoms with Crippen molar-refractivity contribution in [2.24, 2.45) is 0 Å². The summed E-state index contributed by atoms with van der Waals surface area (Å²) in [5, 5.41) is -0.337. The Labute approximate surface area is 208 Å². The Morgan fingerprint density at radius 1 is 1.09 bits per heavy atom. The van der Waals surface area contributed by atoms with Gasteiger partial charge in [0.1, 0.15) is 17.7 Å². The van der Waals surface area contributed by atoms with Crippen molar-refractivity contribution in [1.82, 2.24) is 14.8 Å². The number of piperazine rings is 1. The Hall–Kier alpha value is -3.23. The molecule has 2 N–H and O–H groups in total. The number of carbonyl (C=O) groups is 1. The summed E-state index contributed by atoms with van der Waals surface area (Å²) in [5.41, 5.74) is 7.99. The normalized spacial score (nSPS) is 15.2. The van der Waals surface area contributed by atoms with Gasteiger partial charge in [-0.15, -0.1) is 0 Å². The number of nitrogens with two attached hydrogens (primary N) is 1. The minimum atomic E-state index is -0.911. The zero-order valence-electron chi connectivity index (χ0n) is 19.6. The van der Waals surface area contributed by atoms with Crippen LogP contribution >= 0.6 is 11.6 Å². The molecule has 9 heteroatoms. The average Bonchev–Trinajstić information content (AvgIpc) is 2.87. The molecule has 1 aromatic heterocycles. The van der Waals surface area contributed by atoms with E-state index >= 15 is 0 Å². The first-order chi connectivity index (χ1) is 16.8. The average molecular weight is 501 g/mol. The second kappa shape index (κ2) is 10.6. The van der Waals surface area contributed by atoms with Crippen LogP contribution in [0.3, 0.4) is 0 Å². The molecule has 4 rings (SSSR count). The molecule has 3 aromatic rings. The number of hydrogen-bond acceptors (Lipinski definition) is 5. The fourth-order valence-electron chi connectivity index (χ4n) is 4.13. The van der Waals surface area contributed by atoms with Crippen LogP contribution in [0.1, 0.15) is 35.9 Å². The highest BCUT2D eigenvalue weighted by Crippen LogP contribution is 2.34. The fraction of sp³-hybridized carbons (Fsp3) is 0.308. The first kappa shape index (κ1) is 24.9. The number of nitrogen functional groups attached to an aromatic ring is 1. The number of halogens is 3. The topological polar surface area (TPSA) is 71.7 Å². The van der Waals surface area contributed by atoms with Gasteiger partial charge >= 0.3 is 0 Å². The smallest absolute Gasteiger partial charge is 0.253 e. The molecular formula is C26H27ClF2N4O2. The van der Waals surface area contributed by atoms with Gasteiger partial charge in [-0.25, -0.2) is 13.8 Å². The van der Waals surface area contributed by atoms with E-state index < -0.39 is 17.7 Å². The molecule has 0 radical (unpaired) electrons. The molecule has 184 valence electrons. The molecule has 1 aliphatic heterocycles. The number of carbonyl (C=O) groups excluding carboxylic acids is 1. The Kier molecular flexibility index (Phi) is 7.52. The SMILES string of the molecule is CCN1CCN(C(=O)c2ccc(-c3cnc(N)c(OC(C)c4c(F)ccc(F)c4Cl)c3)cc2)CC1. The lowest BCUT2D eigenvalue weighted by Crippen LogP contribution is -2.48. The van der Waals surface area contributed by atoms with Crippen LogP contribution in [-0.4, -0.2) is 53.4 Å². The van der Waals surface area contributed by atoms with E-state index in [9.17, 15) is 13.6 Å². The number of likely N-dealkylation sites (N-methyl/N-ethyl adjacent to an activating group) is 1. The fourth-order valence-corrected chi connectivity index (χ4v) is 4.43. The first-order valence-corrected chi connectivity index (χ1v) is 11.8. The van der Waals surface area contributed by atoms with Crippen molar-refractivity contribution < 1.29 is 18.3 Å². The van der Waals surface area contributed by atoms with Crippen LogP contribution in [0.5, 0.6) is 5.75 Å². The molecule has 6 nitrogen and oxygen atoms in total. The standard InChI is InChI=1S/C26H27ClF2N4O2/c1-3-32-10-12-33(13-11-32)26(34)18-6-4-17(5-7-18)19-14-22(25(30)31-15-19)35-16(2)23-20(28)8-9-21(29)24(23)27/h4-9,14-16H,3,10-13H2,1-2H3,(H2,30,31). The Morgan fingerprint density at radius 3 is 2.40 bits per heavy atom. The van der Waals surface area contributed by atoms with Gasteiger partial charge < -0.3 is 20.3 Å². The van der Waals surface area contributed by atoms with E-state index in [4.69, 9.17) is 22.1 Å². The second-order valence-corrected chi connectivity index (χ2v) is 8.81. The third-order valence-corrected chi connectivity index (χ3v) is 6.63. The molecule has 2 heterocycles. The number of pyridine rings is 1. The summed E-state index contributed by atoms with van der Waals surface area (Å²) in [6.45, 7) is 7.84. The molecule has 1 aliphatic rings. The highest BCUT2D eigenvalue weighted by Gasteiger charge is 2.22. The van der Waals surface area contributed by atoms with Gasteiger partial charge in [-0.1, -0.05) is 30.7 Å². The number of amides is 1. The van der Waals surface area contributed by atoms with Crippen molar-refractivity contribution >= 4 is 23.3 Å². The molecule has 0 bridgehead atoms. The summed E-state index contributed by atoms with van der Waals surface area (Å²) in [4.78, 5) is 21.2. The molecule has 35 heavy (non-hydrogen) atoms. The number of ether oxygens (including phenoxy) is 1. The van der Waals surface area contributed by atoms with Gasteiger partial charge in [0.05, 0.1) is 5.02 Å². The number of hydrogen-bond donors (Lipinski definition) is 1. The van der Waals surface area contributed by atoms with Crippen LogP contribution in [0.15, 0.2) is 48.7 Å². The van der Waals surface area contributed by atoms with Crippen molar-refractivity contribution in [3.8, 4) is 16.9 Å². The van der Waals surface area contributed by atoms with Crippen molar-refractivity contribution in [3.63, 3.8) is 0 Å².